The molecule has 3 aromatic rings. The number of amides is 1. The lowest BCUT2D eigenvalue weighted by molar-refractivity contribution is -0.113. The zero-order valence-electron chi connectivity index (χ0n) is 16.1. The summed E-state index contributed by atoms with van der Waals surface area (Å²) in [5.74, 6) is 2.00. The third-order valence-electron chi connectivity index (χ3n) is 3.74. The Morgan fingerprint density at radius 1 is 0.966 bits per heavy atom. The van der Waals surface area contributed by atoms with E-state index in [0.29, 0.717) is 26.7 Å². The van der Waals surface area contributed by atoms with Crippen molar-refractivity contribution in [3.8, 4) is 17.2 Å². The molecule has 0 bridgehead atoms. The first kappa shape index (κ1) is 20.7. The third-order valence-corrected chi connectivity index (χ3v) is 5.71. The van der Waals surface area contributed by atoms with E-state index in [1.165, 1.54) is 23.1 Å². The van der Waals surface area contributed by atoms with Crippen LogP contribution >= 0.6 is 23.1 Å². The fourth-order valence-electron chi connectivity index (χ4n) is 2.35. The molecular weight excluding hydrogens is 412 g/mol. The molecule has 0 radical (unpaired) electrons. The Hall–Kier alpha value is -2.98. The van der Waals surface area contributed by atoms with Crippen molar-refractivity contribution in [2.75, 3.05) is 37.7 Å². The van der Waals surface area contributed by atoms with Gasteiger partial charge in [0.25, 0.3) is 0 Å². The maximum absolute atomic E-state index is 12.2. The van der Waals surface area contributed by atoms with Gasteiger partial charge in [-0.05, 0) is 36.4 Å². The number of ether oxygens (including phenoxy) is 3. The van der Waals surface area contributed by atoms with Crippen LogP contribution in [0.3, 0.4) is 0 Å². The first-order chi connectivity index (χ1) is 14.1. The lowest BCUT2D eigenvalue weighted by Crippen LogP contribution is -2.14. The summed E-state index contributed by atoms with van der Waals surface area (Å²) in [5.41, 5.74) is 1.51. The Balaban J connectivity index is 1.51. The Morgan fingerprint density at radius 3 is 2.38 bits per heavy atom. The Bertz CT molecular complexity index is 963. The lowest BCUT2D eigenvalue weighted by atomic mass is 10.2. The van der Waals surface area contributed by atoms with E-state index in [2.05, 4.69) is 20.8 Å². The van der Waals surface area contributed by atoms with E-state index in [9.17, 15) is 4.79 Å². The van der Waals surface area contributed by atoms with Gasteiger partial charge in [0.1, 0.15) is 5.75 Å². The van der Waals surface area contributed by atoms with Crippen molar-refractivity contribution in [3.63, 3.8) is 0 Å². The minimum absolute atomic E-state index is 0.151. The van der Waals surface area contributed by atoms with E-state index in [0.717, 1.165) is 11.4 Å². The van der Waals surface area contributed by atoms with Crippen molar-refractivity contribution >= 4 is 45.5 Å². The topological polar surface area (TPSA) is 94.6 Å². The second-order valence-corrected chi connectivity index (χ2v) is 7.83. The van der Waals surface area contributed by atoms with E-state index >= 15 is 0 Å². The predicted molar refractivity (Wildman–Crippen MR) is 115 cm³/mol. The number of carbonyl (C=O) groups excluding carboxylic acids is 1. The van der Waals surface area contributed by atoms with Crippen LogP contribution in [-0.2, 0) is 4.79 Å². The van der Waals surface area contributed by atoms with Crippen molar-refractivity contribution in [1.82, 2.24) is 10.2 Å². The van der Waals surface area contributed by atoms with Crippen LogP contribution in [0, 0.1) is 0 Å². The molecule has 1 heterocycles. The summed E-state index contributed by atoms with van der Waals surface area (Å²) in [4.78, 5) is 12.2. The number of benzene rings is 2. The second-order valence-electron chi connectivity index (χ2n) is 5.63. The lowest BCUT2D eigenvalue weighted by Gasteiger charge is -2.10. The number of aromatic nitrogens is 2. The van der Waals surface area contributed by atoms with Crippen LogP contribution in [0.15, 0.2) is 46.8 Å². The number of anilines is 3. The van der Waals surface area contributed by atoms with E-state index in [-0.39, 0.29) is 11.7 Å². The molecule has 8 nitrogen and oxygen atoms in total. The molecule has 0 spiro atoms. The van der Waals surface area contributed by atoms with E-state index in [4.69, 9.17) is 14.2 Å². The number of thioether (sulfide) groups is 1. The summed E-state index contributed by atoms with van der Waals surface area (Å²) in [6, 6.07) is 12.7. The van der Waals surface area contributed by atoms with Crippen molar-refractivity contribution < 1.29 is 19.0 Å². The summed E-state index contributed by atoms with van der Waals surface area (Å²) in [7, 11) is 4.73. The summed E-state index contributed by atoms with van der Waals surface area (Å²) in [6.07, 6.45) is 0. The number of methoxy groups -OCH3 is 3. The van der Waals surface area contributed by atoms with E-state index < -0.39 is 0 Å². The summed E-state index contributed by atoms with van der Waals surface area (Å²) >= 11 is 2.70. The van der Waals surface area contributed by atoms with Gasteiger partial charge < -0.3 is 24.8 Å². The zero-order valence-corrected chi connectivity index (χ0v) is 17.7. The van der Waals surface area contributed by atoms with Gasteiger partial charge in [0.15, 0.2) is 15.8 Å². The molecule has 2 aromatic carbocycles. The number of carbonyl (C=O) groups is 1. The Kier molecular flexibility index (Phi) is 7.14. The van der Waals surface area contributed by atoms with Crippen LogP contribution in [-0.4, -0.2) is 43.2 Å². The molecule has 29 heavy (non-hydrogen) atoms. The van der Waals surface area contributed by atoms with Gasteiger partial charge in [-0.2, -0.15) is 0 Å². The molecule has 10 heteroatoms. The smallest absolute Gasteiger partial charge is 0.234 e. The number of rotatable bonds is 9. The fraction of sp³-hybridized carbons (Fsp3) is 0.211. The fourth-order valence-corrected chi connectivity index (χ4v) is 3.93. The monoisotopic (exact) mass is 432 g/mol. The molecule has 0 aliphatic heterocycles. The molecule has 0 atom stereocenters. The van der Waals surface area contributed by atoms with Crippen LogP contribution < -0.4 is 24.8 Å². The number of nitrogens with zero attached hydrogens (tertiary/aromatic N) is 2. The van der Waals surface area contributed by atoms with Crippen LogP contribution in [0.4, 0.5) is 16.5 Å². The number of hydrogen-bond acceptors (Lipinski definition) is 9. The van der Waals surface area contributed by atoms with Gasteiger partial charge >= 0.3 is 0 Å². The van der Waals surface area contributed by atoms with Crippen molar-refractivity contribution in [2.24, 2.45) is 0 Å². The molecule has 3 rings (SSSR count). The summed E-state index contributed by atoms with van der Waals surface area (Å²) < 4.78 is 16.3. The minimum Gasteiger partial charge on any atom is -0.497 e. The van der Waals surface area contributed by atoms with Gasteiger partial charge in [-0.3, -0.25) is 4.79 Å². The zero-order chi connectivity index (χ0) is 20.6. The first-order valence-electron chi connectivity index (χ1n) is 8.50. The first-order valence-corrected chi connectivity index (χ1v) is 10.3. The van der Waals surface area contributed by atoms with Crippen LogP contribution in [0.5, 0.6) is 17.2 Å². The maximum atomic E-state index is 12.2. The van der Waals surface area contributed by atoms with Gasteiger partial charge in [0, 0.05) is 17.4 Å². The Morgan fingerprint density at radius 2 is 1.69 bits per heavy atom. The molecule has 1 aromatic heterocycles. The van der Waals surface area contributed by atoms with Gasteiger partial charge in [0.2, 0.25) is 11.0 Å². The predicted octanol–water partition coefficient (Wildman–Crippen LogP) is 4.04. The highest BCUT2D eigenvalue weighted by Crippen LogP contribution is 2.31. The normalized spacial score (nSPS) is 10.3. The second kappa shape index (κ2) is 9.99. The van der Waals surface area contributed by atoms with Crippen LogP contribution in [0.1, 0.15) is 0 Å². The largest absolute Gasteiger partial charge is 0.497 e. The van der Waals surface area contributed by atoms with Crippen molar-refractivity contribution in [3.05, 3.63) is 42.5 Å². The van der Waals surface area contributed by atoms with Crippen LogP contribution in [0.25, 0.3) is 0 Å². The molecule has 0 saturated heterocycles. The highest BCUT2D eigenvalue weighted by Gasteiger charge is 2.11. The van der Waals surface area contributed by atoms with E-state index in [1.807, 2.05) is 24.3 Å². The number of nitrogens with one attached hydrogen (secondary N) is 2. The Labute approximate surface area is 176 Å². The maximum Gasteiger partial charge on any atom is 0.234 e. The van der Waals surface area contributed by atoms with Gasteiger partial charge in [-0.25, -0.2) is 0 Å². The molecule has 152 valence electrons. The molecule has 0 saturated carbocycles. The number of hydrogen-bond donors (Lipinski definition) is 2. The molecular formula is C19H20N4O4S2. The third kappa shape index (κ3) is 5.75. The van der Waals surface area contributed by atoms with Crippen LogP contribution in [0.2, 0.25) is 0 Å². The van der Waals surface area contributed by atoms with Gasteiger partial charge in [0.05, 0.1) is 27.1 Å². The van der Waals surface area contributed by atoms with Crippen molar-refractivity contribution in [1.29, 1.82) is 0 Å². The average molecular weight is 433 g/mol. The highest BCUT2D eigenvalue weighted by atomic mass is 32.2. The molecule has 0 fully saturated rings. The SMILES string of the molecule is COc1ccc(Nc2nnc(SCC(=O)Nc3ccc(OC)c(OC)c3)s2)cc1. The molecule has 2 N–H and O–H groups in total. The average Bonchev–Trinajstić information content (AvgIpc) is 3.20. The summed E-state index contributed by atoms with van der Waals surface area (Å²) in [5, 5.41) is 14.9. The summed E-state index contributed by atoms with van der Waals surface area (Å²) in [6.45, 7) is 0. The molecule has 0 aliphatic rings. The quantitative estimate of drug-likeness (QED) is 0.489. The van der Waals surface area contributed by atoms with Crippen molar-refractivity contribution in [2.45, 2.75) is 4.34 Å². The minimum atomic E-state index is -0.151. The molecule has 0 unspecified atom stereocenters. The highest BCUT2D eigenvalue weighted by molar-refractivity contribution is 8.01. The van der Waals surface area contributed by atoms with Gasteiger partial charge in [-0.15, -0.1) is 10.2 Å². The molecule has 1 amide bonds. The molecule has 0 aliphatic carbocycles. The standard InChI is InChI=1S/C19H20N4O4S2/c1-25-14-7-4-12(5-8-14)21-18-22-23-19(29-18)28-11-17(24)20-13-6-9-15(26-2)16(10-13)27-3/h4-10H,11H2,1-3H3,(H,20,24)(H,21,22). The van der Waals surface area contributed by atoms with E-state index in [1.54, 1.807) is 39.5 Å². The van der Waals surface area contributed by atoms with Gasteiger partial charge in [-0.1, -0.05) is 23.1 Å².